The maximum atomic E-state index is 12.2. The van der Waals surface area contributed by atoms with E-state index in [1.54, 1.807) is 0 Å². The molecular weight excluding hydrogens is 388 g/mol. The van der Waals surface area contributed by atoms with Crippen molar-refractivity contribution in [1.82, 2.24) is 5.32 Å². The van der Waals surface area contributed by atoms with Gasteiger partial charge in [0.2, 0.25) is 5.91 Å². The van der Waals surface area contributed by atoms with E-state index in [-0.39, 0.29) is 13.5 Å². The van der Waals surface area contributed by atoms with Gasteiger partial charge in [-0.3, -0.25) is 4.79 Å². The largest absolute Gasteiger partial charge is 0.456 e. The minimum absolute atomic E-state index is 0. The van der Waals surface area contributed by atoms with Crippen molar-refractivity contribution in [3.63, 3.8) is 0 Å². The topological polar surface area (TPSA) is 29.1 Å². The standard InChI is InChI=1S/C10H15F4NO.C3H2F6.CH4/c11-6-8(10(12,13)14)9(16)15-7-4-2-1-3-5-7;4-1-2(5,6)3(7,8)9;/h7-8H,1-6H2,(H,15,16);1H2;1H4. The summed E-state index contributed by atoms with van der Waals surface area (Å²) in [7, 11) is 0. The molecule has 1 aliphatic rings. The van der Waals surface area contributed by atoms with Gasteiger partial charge in [-0.15, -0.1) is 0 Å². The molecule has 0 aromatic rings. The first-order valence-corrected chi connectivity index (χ1v) is 7.19. The molecule has 0 spiro atoms. The average Bonchev–Trinajstić information content (AvgIpc) is 2.47. The second-order valence-corrected chi connectivity index (χ2v) is 5.43. The number of nitrogens with one attached hydrogen (secondary N) is 1. The molecule has 1 atom stereocenters. The lowest BCUT2D eigenvalue weighted by atomic mass is 9.95. The smallest absolute Gasteiger partial charge is 0.353 e. The van der Waals surface area contributed by atoms with E-state index in [0.717, 1.165) is 19.3 Å². The third-order valence-electron chi connectivity index (χ3n) is 3.40. The van der Waals surface area contributed by atoms with Gasteiger partial charge in [-0.2, -0.15) is 35.1 Å². The highest BCUT2D eigenvalue weighted by atomic mass is 19.4. The van der Waals surface area contributed by atoms with Gasteiger partial charge in [-0.05, 0) is 12.8 Å². The Morgan fingerprint density at radius 2 is 1.38 bits per heavy atom. The SMILES string of the molecule is C.FCC(F)(F)C(F)(F)F.O=C(NC1CCCCC1)C(CF)C(F)(F)F. The van der Waals surface area contributed by atoms with Crippen molar-refractivity contribution in [3.05, 3.63) is 0 Å². The fraction of sp³-hybridized carbons (Fsp3) is 0.929. The van der Waals surface area contributed by atoms with Crippen LogP contribution in [0, 0.1) is 5.92 Å². The van der Waals surface area contributed by atoms with E-state index in [1.165, 1.54) is 0 Å². The van der Waals surface area contributed by atoms with E-state index in [1.807, 2.05) is 0 Å². The second kappa shape index (κ2) is 10.8. The van der Waals surface area contributed by atoms with Crippen LogP contribution in [0.2, 0.25) is 0 Å². The van der Waals surface area contributed by atoms with Crippen molar-refractivity contribution in [2.45, 2.75) is 63.8 Å². The third-order valence-corrected chi connectivity index (χ3v) is 3.40. The number of carbonyl (C=O) groups excluding carboxylic acids is 1. The van der Waals surface area contributed by atoms with Crippen molar-refractivity contribution in [1.29, 1.82) is 0 Å². The predicted octanol–water partition coefficient (Wildman–Crippen LogP) is 5.37. The molecule has 2 nitrogen and oxygen atoms in total. The van der Waals surface area contributed by atoms with Crippen LogP contribution in [0.25, 0.3) is 0 Å². The van der Waals surface area contributed by atoms with Gasteiger partial charge in [0.05, 0.1) is 0 Å². The van der Waals surface area contributed by atoms with E-state index in [9.17, 15) is 48.7 Å². The van der Waals surface area contributed by atoms with E-state index in [2.05, 4.69) is 5.32 Å². The van der Waals surface area contributed by atoms with Crippen molar-refractivity contribution in [2.24, 2.45) is 5.92 Å². The normalized spacial score (nSPS) is 17.5. The molecule has 0 aliphatic heterocycles. The molecule has 12 heteroatoms. The number of carbonyl (C=O) groups is 1. The zero-order chi connectivity index (χ0) is 19.9. The highest BCUT2D eigenvalue weighted by Crippen LogP contribution is 2.35. The van der Waals surface area contributed by atoms with Gasteiger partial charge < -0.3 is 5.32 Å². The van der Waals surface area contributed by atoms with Crippen molar-refractivity contribution >= 4 is 5.91 Å². The number of alkyl halides is 10. The lowest BCUT2D eigenvalue weighted by Crippen LogP contribution is -2.45. The first-order chi connectivity index (χ1) is 11.3. The van der Waals surface area contributed by atoms with Crippen LogP contribution >= 0.6 is 0 Å². The Labute approximate surface area is 144 Å². The molecule has 0 aromatic heterocycles. The van der Waals surface area contributed by atoms with E-state index >= 15 is 0 Å². The highest BCUT2D eigenvalue weighted by molar-refractivity contribution is 5.79. The molecule has 1 N–H and O–H groups in total. The molecule has 1 unspecified atom stereocenters. The van der Waals surface area contributed by atoms with Gasteiger partial charge in [0.25, 0.3) is 0 Å². The van der Waals surface area contributed by atoms with Crippen molar-refractivity contribution in [2.75, 3.05) is 13.3 Å². The summed E-state index contributed by atoms with van der Waals surface area (Å²) in [6, 6.07) is -0.224. The fourth-order valence-corrected chi connectivity index (χ4v) is 1.93. The third kappa shape index (κ3) is 8.93. The Balaban J connectivity index is 0. The molecule has 1 fully saturated rings. The minimum Gasteiger partial charge on any atom is -0.353 e. The van der Waals surface area contributed by atoms with Crippen LogP contribution in [0.5, 0.6) is 0 Å². The van der Waals surface area contributed by atoms with E-state index in [0.29, 0.717) is 12.8 Å². The van der Waals surface area contributed by atoms with Crippen LogP contribution in [0.3, 0.4) is 0 Å². The number of halogens is 10. The summed E-state index contributed by atoms with van der Waals surface area (Å²) < 4.78 is 114. The van der Waals surface area contributed by atoms with Gasteiger partial charge in [0.1, 0.15) is 6.67 Å². The molecule has 0 aromatic carbocycles. The molecule has 0 saturated heterocycles. The lowest BCUT2D eigenvalue weighted by Gasteiger charge is -2.25. The van der Waals surface area contributed by atoms with Crippen molar-refractivity contribution < 1.29 is 48.7 Å². The van der Waals surface area contributed by atoms with Gasteiger partial charge in [-0.1, -0.05) is 26.7 Å². The summed E-state index contributed by atoms with van der Waals surface area (Å²) in [4.78, 5) is 11.2. The molecular formula is C14H21F10NO. The Hall–Kier alpha value is -1.23. The average molecular weight is 409 g/mol. The van der Waals surface area contributed by atoms with Crippen molar-refractivity contribution in [3.8, 4) is 0 Å². The van der Waals surface area contributed by atoms with Crippen LogP contribution in [-0.2, 0) is 4.79 Å². The molecule has 0 heterocycles. The molecule has 26 heavy (non-hydrogen) atoms. The van der Waals surface area contributed by atoms with E-state index in [4.69, 9.17) is 0 Å². The lowest BCUT2D eigenvalue weighted by molar-refractivity contribution is -0.286. The first-order valence-electron chi connectivity index (χ1n) is 7.19. The van der Waals surface area contributed by atoms with Gasteiger partial charge in [0, 0.05) is 6.04 Å². The van der Waals surface area contributed by atoms with Crippen LogP contribution in [0.1, 0.15) is 39.5 Å². The van der Waals surface area contributed by atoms with Gasteiger partial charge in [-0.25, -0.2) is 8.78 Å². The summed E-state index contributed by atoms with van der Waals surface area (Å²) in [5.41, 5.74) is 0. The van der Waals surface area contributed by atoms with Gasteiger partial charge in [0.15, 0.2) is 12.6 Å². The maximum absolute atomic E-state index is 12.2. The van der Waals surface area contributed by atoms with Crippen LogP contribution < -0.4 is 5.32 Å². The van der Waals surface area contributed by atoms with Crippen LogP contribution in [0.15, 0.2) is 0 Å². The minimum atomic E-state index is -5.76. The quantitative estimate of drug-likeness (QED) is 0.622. The molecule has 0 bridgehead atoms. The summed E-state index contributed by atoms with van der Waals surface area (Å²) in [6.45, 7) is -4.39. The predicted molar refractivity (Wildman–Crippen MR) is 74.2 cm³/mol. The Morgan fingerprint density at radius 1 is 0.923 bits per heavy atom. The Bertz CT molecular complexity index is 402. The fourth-order valence-electron chi connectivity index (χ4n) is 1.93. The summed E-state index contributed by atoms with van der Waals surface area (Å²) in [5.74, 6) is -8.94. The number of hydrogen-bond donors (Lipinski definition) is 1. The zero-order valence-electron chi connectivity index (χ0n) is 12.8. The summed E-state index contributed by atoms with van der Waals surface area (Å²) in [5, 5.41) is 2.28. The monoisotopic (exact) mass is 409 g/mol. The summed E-state index contributed by atoms with van der Waals surface area (Å²) >= 11 is 0. The maximum Gasteiger partial charge on any atom is 0.456 e. The molecule has 0 radical (unpaired) electrons. The van der Waals surface area contributed by atoms with Gasteiger partial charge >= 0.3 is 18.3 Å². The number of hydrogen-bond acceptors (Lipinski definition) is 1. The number of rotatable bonds is 4. The van der Waals surface area contributed by atoms with E-state index < -0.39 is 43.4 Å². The summed E-state index contributed by atoms with van der Waals surface area (Å²) in [6.07, 6.45) is -6.35. The molecule has 158 valence electrons. The number of amides is 1. The molecule has 1 amide bonds. The second-order valence-electron chi connectivity index (χ2n) is 5.43. The first kappa shape index (κ1) is 27.0. The van der Waals surface area contributed by atoms with Crippen LogP contribution in [-0.4, -0.2) is 43.6 Å². The van der Waals surface area contributed by atoms with Crippen LogP contribution in [0.4, 0.5) is 43.9 Å². The molecule has 1 aliphatic carbocycles. The highest BCUT2D eigenvalue weighted by Gasteiger charge is 2.57. The molecule has 1 saturated carbocycles. The Kier molecular flexibility index (Phi) is 11.2. The Morgan fingerprint density at radius 3 is 1.65 bits per heavy atom. The zero-order valence-corrected chi connectivity index (χ0v) is 12.8. The molecule has 1 rings (SSSR count).